The molecule has 1 atom stereocenters. The van der Waals surface area contributed by atoms with Crippen LogP contribution in [0.1, 0.15) is 17.4 Å². The van der Waals surface area contributed by atoms with Crippen molar-refractivity contribution in [2.45, 2.75) is 12.6 Å². The van der Waals surface area contributed by atoms with Gasteiger partial charge in [-0.05, 0) is 22.6 Å². The van der Waals surface area contributed by atoms with Gasteiger partial charge in [0.05, 0.1) is 31.9 Å². The predicted molar refractivity (Wildman–Crippen MR) is 105 cm³/mol. The molecule has 11 heteroatoms. The summed E-state index contributed by atoms with van der Waals surface area (Å²) in [7, 11) is 1.63. The predicted octanol–water partition coefficient (Wildman–Crippen LogP) is 0.311. The number of benzene rings is 1. The quantitative estimate of drug-likeness (QED) is 0.608. The monoisotopic (exact) mass is 414 g/mol. The number of nitrogens with one attached hydrogen (secondary N) is 1. The van der Waals surface area contributed by atoms with Crippen LogP contribution in [0.15, 0.2) is 23.0 Å². The maximum Gasteiger partial charge on any atom is 0.253 e. The first-order valence-electron chi connectivity index (χ1n) is 9.78. The van der Waals surface area contributed by atoms with Gasteiger partial charge in [0.25, 0.3) is 5.56 Å². The molecule has 0 spiro atoms. The van der Waals surface area contributed by atoms with Crippen molar-refractivity contribution in [1.29, 1.82) is 0 Å². The van der Waals surface area contributed by atoms with E-state index in [1.807, 2.05) is 12.1 Å². The number of rotatable bonds is 6. The average molecular weight is 414 g/mol. The number of hydrogen-bond donors (Lipinski definition) is 1. The van der Waals surface area contributed by atoms with Crippen molar-refractivity contribution in [1.82, 2.24) is 30.1 Å². The second-order valence-electron chi connectivity index (χ2n) is 7.15. The van der Waals surface area contributed by atoms with E-state index in [-0.39, 0.29) is 12.4 Å². The van der Waals surface area contributed by atoms with Crippen molar-refractivity contribution < 1.29 is 18.9 Å². The summed E-state index contributed by atoms with van der Waals surface area (Å²) in [5.74, 6) is 1.88. The smallest absolute Gasteiger partial charge is 0.253 e. The molecule has 2 aromatic heterocycles. The van der Waals surface area contributed by atoms with Crippen LogP contribution in [0.3, 0.4) is 0 Å². The lowest BCUT2D eigenvalue weighted by Crippen LogP contribution is -2.42. The highest BCUT2D eigenvalue weighted by Gasteiger charge is 2.31. The van der Waals surface area contributed by atoms with E-state index in [1.54, 1.807) is 17.9 Å². The lowest BCUT2D eigenvalue weighted by atomic mass is 10.0. The Morgan fingerprint density at radius 3 is 2.80 bits per heavy atom. The minimum absolute atomic E-state index is 0.174. The molecule has 0 bridgehead atoms. The van der Waals surface area contributed by atoms with Crippen molar-refractivity contribution in [2.75, 3.05) is 46.8 Å². The number of morpholine rings is 1. The summed E-state index contributed by atoms with van der Waals surface area (Å²) >= 11 is 0. The van der Waals surface area contributed by atoms with Crippen LogP contribution in [-0.2, 0) is 16.0 Å². The lowest BCUT2D eigenvalue weighted by molar-refractivity contribution is 0.0211. The van der Waals surface area contributed by atoms with Crippen LogP contribution in [0, 0.1) is 0 Å². The minimum atomic E-state index is -0.417. The van der Waals surface area contributed by atoms with Crippen molar-refractivity contribution in [3.05, 3.63) is 39.9 Å². The van der Waals surface area contributed by atoms with Gasteiger partial charge < -0.3 is 23.9 Å². The normalized spacial score (nSPS) is 17.5. The minimum Gasteiger partial charge on any atom is -0.454 e. The Labute approximate surface area is 171 Å². The molecule has 2 aliphatic heterocycles. The van der Waals surface area contributed by atoms with Crippen LogP contribution >= 0.6 is 0 Å². The number of aromatic nitrogens is 5. The molecule has 0 radical (unpaired) electrons. The summed E-state index contributed by atoms with van der Waals surface area (Å²) in [6, 6.07) is 5.13. The molecule has 11 nitrogen and oxygen atoms in total. The molecule has 0 saturated carbocycles. The highest BCUT2D eigenvalue weighted by Crippen LogP contribution is 2.36. The molecule has 4 heterocycles. The van der Waals surface area contributed by atoms with Crippen LogP contribution < -0.4 is 15.0 Å². The third-order valence-electron chi connectivity index (χ3n) is 5.38. The fraction of sp³-hybridized carbons (Fsp3) is 0.474. The summed E-state index contributed by atoms with van der Waals surface area (Å²) in [6.07, 6.45) is 0. The van der Waals surface area contributed by atoms with Gasteiger partial charge in [0.15, 0.2) is 17.3 Å². The molecule has 1 saturated heterocycles. The van der Waals surface area contributed by atoms with E-state index in [1.165, 1.54) is 0 Å². The number of pyridine rings is 1. The number of fused-ring (bicyclic) bond motifs is 2. The van der Waals surface area contributed by atoms with Crippen molar-refractivity contribution >= 4 is 10.9 Å². The number of ether oxygens (including phenoxy) is 4. The van der Waals surface area contributed by atoms with Crippen molar-refractivity contribution in [3.8, 4) is 11.5 Å². The Morgan fingerprint density at radius 1 is 1.20 bits per heavy atom. The van der Waals surface area contributed by atoms with E-state index in [0.29, 0.717) is 67.9 Å². The maximum atomic E-state index is 13.1. The van der Waals surface area contributed by atoms with Crippen molar-refractivity contribution in [2.24, 2.45) is 0 Å². The lowest BCUT2D eigenvalue weighted by Gasteiger charge is -2.33. The Hall–Kier alpha value is -3.02. The summed E-state index contributed by atoms with van der Waals surface area (Å²) < 4.78 is 23.3. The first kappa shape index (κ1) is 19.0. The molecule has 0 aliphatic carbocycles. The number of methoxy groups -OCH3 is 1. The molecular formula is C19H22N6O5. The molecule has 1 fully saturated rings. The molecule has 1 N–H and O–H groups in total. The number of H-pyrrole nitrogens is 1. The zero-order valence-electron chi connectivity index (χ0n) is 16.5. The summed E-state index contributed by atoms with van der Waals surface area (Å²) in [5, 5.41) is 13.1. The van der Waals surface area contributed by atoms with E-state index in [9.17, 15) is 4.79 Å². The average Bonchev–Trinajstić information content (AvgIpc) is 3.41. The van der Waals surface area contributed by atoms with Gasteiger partial charge in [0.2, 0.25) is 6.79 Å². The van der Waals surface area contributed by atoms with Gasteiger partial charge in [0.1, 0.15) is 6.04 Å². The van der Waals surface area contributed by atoms with Crippen molar-refractivity contribution in [3.63, 3.8) is 0 Å². The first-order chi connectivity index (χ1) is 14.7. The number of tetrazole rings is 1. The summed E-state index contributed by atoms with van der Waals surface area (Å²) in [4.78, 5) is 18.3. The van der Waals surface area contributed by atoms with Crippen LogP contribution in [-0.4, -0.2) is 76.9 Å². The van der Waals surface area contributed by atoms with E-state index in [2.05, 4.69) is 25.4 Å². The van der Waals surface area contributed by atoms with Gasteiger partial charge in [-0.25, -0.2) is 4.68 Å². The Balaban J connectivity index is 1.63. The van der Waals surface area contributed by atoms with E-state index in [0.717, 1.165) is 5.39 Å². The fourth-order valence-corrected chi connectivity index (χ4v) is 3.90. The third-order valence-corrected chi connectivity index (χ3v) is 5.38. The van der Waals surface area contributed by atoms with Gasteiger partial charge in [-0.2, -0.15) is 0 Å². The van der Waals surface area contributed by atoms with E-state index >= 15 is 0 Å². The Kier molecular flexibility index (Phi) is 5.07. The molecule has 30 heavy (non-hydrogen) atoms. The fourth-order valence-electron chi connectivity index (χ4n) is 3.90. The van der Waals surface area contributed by atoms with Gasteiger partial charge >= 0.3 is 0 Å². The maximum absolute atomic E-state index is 13.1. The molecule has 1 aromatic carbocycles. The highest BCUT2D eigenvalue weighted by molar-refractivity contribution is 5.83. The van der Waals surface area contributed by atoms with Crippen LogP contribution in [0.25, 0.3) is 10.9 Å². The summed E-state index contributed by atoms with van der Waals surface area (Å²) in [5.41, 5.74) is 1.06. The molecule has 0 unspecified atom stereocenters. The zero-order chi connectivity index (χ0) is 20.5. The topological polar surface area (TPSA) is 117 Å². The summed E-state index contributed by atoms with van der Waals surface area (Å²) in [6.45, 7) is 3.63. The first-order valence-corrected chi connectivity index (χ1v) is 9.78. The Bertz CT molecular complexity index is 1110. The second-order valence-corrected chi connectivity index (χ2v) is 7.15. The largest absolute Gasteiger partial charge is 0.454 e. The van der Waals surface area contributed by atoms with Crippen LogP contribution in [0.2, 0.25) is 0 Å². The number of hydrogen-bond acceptors (Lipinski definition) is 9. The van der Waals surface area contributed by atoms with Crippen LogP contribution in [0.5, 0.6) is 11.5 Å². The standard InChI is InChI=1S/C19H22N6O5/c1-27-5-4-25-18(21-22-23-25)17(24-2-6-28-7-3-24)13-8-12-9-15-16(30-11-29-15)10-14(12)20-19(13)26/h8-10,17H,2-7,11H2,1H3,(H,20,26)/t17-/m0/s1. The number of aromatic amines is 1. The Morgan fingerprint density at radius 2 is 2.00 bits per heavy atom. The zero-order valence-corrected chi connectivity index (χ0v) is 16.5. The van der Waals surface area contributed by atoms with E-state index < -0.39 is 6.04 Å². The molecule has 3 aromatic rings. The highest BCUT2D eigenvalue weighted by atomic mass is 16.7. The van der Waals surface area contributed by atoms with Crippen LogP contribution in [0.4, 0.5) is 0 Å². The molecule has 5 rings (SSSR count). The molecular weight excluding hydrogens is 392 g/mol. The van der Waals surface area contributed by atoms with E-state index in [4.69, 9.17) is 18.9 Å². The molecule has 2 aliphatic rings. The van der Waals surface area contributed by atoms with Gasteiger partial charge in [-0.3, -0.25) is 9.69 Å². The SMILES string of the molecule is COCCn1nnnc1[C@H](c1cc2cc3c(cc2[nH]c1=O)OCO3)N1CCOCC1. The van der Waals surface area contributed by atoms with Gasteiger partial charge in [-0.1, -0.05) is 0 Å². The third kappa shape index (κ3) is 3.40. The molecule has 158 valence electrons. The molecule has 0 amide bonds. The second kappa shape index (κ2) is 8.01. The number of nitrogens with zero attached hydrogens (tertiary/aromatic N) is 5. The van der Waals surface area contributed by atoms with Gasteiger partial charge in [0, 0.05) is 37.2 Å². The van der Waals surface area contributed by atoms with Gasteiger partial charge in [-0.15, -0.1) is 5.10 Å².